The summed E-state index contributed by atoms with van der Waals surface area (Å²) in [6.45, 7) is 3.29. The smallest absolute Gasteiger partial charge is 0.452 e. The summed E-state index contributed by atoms with van der Waals surface area (Å²) in [5.74, 6) is -2.59. The van der Waals surface area contributed by atoms with Gasteiger partial charge in [-0.15, -0.1) is 0 Å². The van der Waals surface area contributed by atoms with Crippen LogP contribution >= 0.6 is 23.2 Å². The van der Waals surface area contributed by atoms with Gasteiger partial charge < -0.3 is 9.64 Å². The Morgan fingerprint density at radius 2 is 1.46 bits per heavy atom. The molecule has 35 heavy (non-hydrogen) atoms. The van der Waals surface area contributed by atoms with E-state index in [0.717, 1.165) is 12.1 Å². The molecular weight excluding hydrogens is 506 g/mol. The summed E-state index contributed by atoms with van der Waals surface area (Å²) in [5.41, 5.74) is 1.48. The second kappa shape index (κ2) is 10.7. The van der Waals surface area contributed by atoms with Gasteiger partial charge in [-0.05, 0) is 42.0 Å². The fourth-order valence-corrected chi connectivity index (χ4v) is 4.72. The van der Waals surface area contributed by atoms with Crippen LogP contribution in [0.15, 0.2) is 48.5 Å². The molecule has 2 atom stereocenters. The number of alkyl halides is 3. The number of rotatable bonds is 5. The fourth-order valence-electron chi connectivity index (χ4n) is 4.47. The van der Waals surface area contributed by atoms with Crippen molar-refractivity contribution in [3.05, 3.63) is 69.7 Å². The molecule has 0 aromatic heterocycles. The van der Waals surface area contributed by atoms with E-state index in [1.807, 2.05) is 29.2 Å². The van der Waals surface area contributed by atoms with Gasteiger partial charge in [0.2, 0.25) is 0 Å². The minimum absolute atomic E-state index is 0.112. The molecule has 188 valence electrons. The zero-order valence-corrected chi connectivity index (χ0v) is 20.2. The molecule has 0 N–H and O–H groups in total. The van der Waals surface area contributed by atoms with Gasteiger partial charge >= 0.3 is 12.1 Å². The van der Waals surface area contributed by atoms with Crippen molar-refractivity contribution in [1.82, 2.24) is 14.7 Å². The van der Waals surface area contributed by atoms with Crippen LogP contribution in [0.2, 0.25) is 10.0 Å². The normalized spacial score (nSPS) is 21.8. The summed E-state index contributed by atoms with van der Waals surface area (Å²) in [4.78, 5) is 30.3. The number of likely N-dealkylation sites (tertiary alicyclic amines) is 1. The lowest BCUT2D eigenvalue weighted by Crippen LogP contribution is -2.54. The number of hydrogen-bond acceptors (Lipinski definition) is 5. The first kappa shape index (κ1) is 25.8. The van der Waals surface area contributed by atoms with E-state index in [9.17, 15) is 22.8 Å². The van der Waals surface area contributed by atoms with Crippen LogP contribution in [0.4, 0.5) is 13.2 Å². The van der Waals surface area contributed by atoms with E-state index in [-0.39, 0.29) is 19.0 Å². The quantitative estimate of drug-likeness (QED) is 0.545. The zero-order valence-electron chi connectivity index (χ0n) is 18.7. The van der Waals surface area contributed by atoms with Crippen LogP contribution < -0.4 is 0 Å². The number of piperazine rings is 1. The Kier molecular flexibility index (Phi) is 7.90. The van der Waals surface area contributed by atoms with Crippen LogP contribution in [-0.2, 0) is 16.1 Å². The number of amides is 1. The van der Waals surface area contributed by atoms with Gasteiger partial charge in [0.05, 0.1) is 12.6 Å². The Balaban J connectivity index is 1.43. The number of hydrogen-bond donors (Lipinski definition) is 0. The number of halogens is 5. The molecule has 6 nitrogen and oxygen atoms in total. The maximum atomic E-state index is 13.0. The molecule has 1 amide bonds. The molecule has 2 heterocycles. The lowest BCUT2D eigenvalue weighted by Gasteiger charge is -2.39. The molecule has 2 fully saturated rings. The Morgan fingerprint density at radius 3 is 2.03 bits per heavy atom. The molecule has 0 aliphatic carbocycles. The summed E-state index contributed by atoms with van der Waals surface area (Å²) in [7, 11) is 0. The standard InChI is InChI=1S/C24H24Cl2F3N3O3/c25-18-5-1-16(2-6-18)13-30-9-11-31(12-10-30)20-14-32(15-21(20)35-23(34)24(27,28)29)22(33)17-3-7-19(26)8-4-17/h1-8,20-21H,9-15H2/t20-,21-/m0/s1. The monoisotopic (exact) mass is 529 g/mol. The highest BCUT2D eigenvalue weighted by Gasteiger charge is 2.47. The number of carbonyl (C=O) groups excluding carboxylic acids is 2. The van der Waals surface area contributed by atoms with Gasteiger partial charge in [0, 0.05) is 54.9 Å². The summed E-state index contributed by atoms with van der Waals surface area (Å²) in [6, 6.07) is 13.3. The van der Waals surface area contributed by atoms with E-state index in [0.29, 0.717) is 41.8 Å². The van der Waals surface area contributed by atoms with Gasteiger partial charge in [-0.3, -0.25) is 14.6 Å². The Hall–Kier alpha value is -2.33. The topological polar surface area (TPSA) is 53.1 Å². The fraction of sp³-hybridized carbons (Fsp3) is 0.417. The average molecular weight is 530 g/mol. The molecular formula is C24H24Cl2F3N3O3. The van der Waals surface area contributed by atoms with Crippen molar-refractivity contribution in [2.24, 2.45) is 0 Å². The highest BCUT2D eigenvalue weighted by atomic mass is 35.5. The Labute approximate surface area is 211 Å². The Morgan fingerprint density at radius 1 is 0.886 bits per heavy atom. The molecule has 0 bridgehead atoms. The molecule has 0 unspecified atom stereocenters. The Bertz CT molecular complexity index is 1040. The molecule has 2 aromatic rings. The van der Waals surface area contributed by atoms with Crippen LogP contribution in [0, 0.1) is 0 Å². The van der Waals surface area contributed by atoms with Gasteiger partial charge in [-0.2, -0.15) is 13.2 Å². The van der Waals surface area contributed by atoms with Gasteiger partial charge in [0.15, 0.2) is 0 Å². The van der Waals surface area contributed by atoms with Crippen molar-refractivity contribution in [1.29, 1.82) is 0 Å². The van der Waals surface area contributed by atoms with E-state index in [2.05, 4.69) is 4.90 Å². The number of carbonyl (C=O) groups is 2. The van der Waals surface area contributed by atoms with Gasteiger partial charge in [-0.25, -0.2) is 4.79 Å². The molecule has 2 aromatic carbocycles. The maximum Gasteiger partial charge on any atom is 0.490 e. The summed E-state index contributed by atoms with van der Waals surface area (Å²) >= 11 is 11.8. The van der Waals surface area contributed by atoms with Crippen molar-refractivity contribution in [3.8, 4) is 0 Å². The van der Waals surface area contributed by atoms with E-state index < -0.39 is 24.3 Å². The first-order chi connectivity index (χ1) is 16.6. The molecule has 0 saturated carbocycles. The SMILES string of the molecule is O=C(c1ccc(Cl)cc1)N1C[C@H](OC(=O)C(F)(F)F)[C@@H](N2CCN(Cc3ccc(Cl)cc3)CC2)C1. The second-order valence-electron chi connectivity index (χ2n) is 8.66. The summed E-state index contributed by atoms with van der Waals surface area (Å²) in [6.07, 6.45) is -6.18. The van der Waals surface area contributed by atoms with E-state index in [1.165, 1.54) is 4.90 Å². The van der Waals surface area contributed by atoms with Crippen LogP contribution in [-0.4, -0.2) is 84.2 Å². The molecule has 4 rings (SSSR count). The maximum absolute atomic E-state index is 13.0. The molecule has 2 aliphatic heterocycles. The highest BCUT2D eigenvalue weighted by Crippen LogP contribution is 2.26. The van der Waals surface area contributed by atoms with E-state index in [1.54, 1.807) is 24.3 Å². The molecule has 0 radical (unpaired) electrons. The predicted molar refractivity (Wildman–Crippen MR) is 125 cm³/mol. The third-order valence-electron chi connectivity index (χ3n) is 6.30. The first-order valence-electron chi connectivity index (χ1n) is 11.1. The molecule has 0 spiro atoms. The van der Waals surface area contributed by atoms with Crippen LogP contribution in [0.25, 0.3) is 0 Å². The highest BCUT2D eigenvalue weighted by molar-refractivity contribution is 6.30. The van der Waals surface area contributed by atoms with E-state index >= 15 is 0 Å². The number of esters is 1. The summed E-state index contributed by atoms with van der Waals surface area (Å²) in [5, 5.41) is 1.13. The predicted octanol–water partition coefficient (Wildman–Crippen LogP) is 4.11. The van der Waals surface area contributed by atoms with Crippen molar-refractivity contribution >= 4 is 35.1 Å². The molecule has 11 heteroatoms. The third kappa shape index (κ3) is 6.46. The van der Waals surface area contributed by atoms with Crippen molar-refractivity contribution < 1.29 is 27.5 Å². The summed E-state index contributed by atoms with van der Waals surface area (Å²) < 4.78 is 43.6. The van der Waals surface area contributed by atoms with Crippen molar-refractivity contribution in [2.75, 3.05) is 39.3 Å². The minimum atomic E-state index is -5.10. The number of ether oxygens (including phenoxy) is 1. The van der Waals surface area contributed by atoms with E-state index in [4.69, 9.17) is 27.9 Å². The number of benzene rings is 2. The zero-order chi connectivity index (χ0) is 25.2. The molecule has 2 aliphatic rings. The molecule has 2 saturated heterocycles. The van der Waals surface area contributed by atoms with Crippen LogP contribution in [0.3, 0.4) is 0 Å². The average Bonchev–Trinajstić information content (AvgIpc) is 3.24. The lowest BCUT2D eigenvalue weighted by atomic mass is 10.1. The number of nitrogens with zero attached hydrogens (tertiary/aromatic N) is 3. The van der Waals surface area contributed by atoms with Crippen LogP contribution in [0.1, 0.15) is 15.9 Å². The van der Waals surface area contributed by atoms with Gasteiger partial charge in [-0.1, -0.05) is 35.3 Å². The first-order valence-corrected chi connectivity index (χ1v) is 11.9. The van der Waals surface area contributed by atoms with Crippen LogP contribution in [0.5, 0.6) is 0 Å². The third-order valence-corrected chi connectivity index (χ3v) is 6.80. The van der Waals surface area contributed by atoms with Gasteiger partial charge in [0.25, 0.3) is 5.91 Å². The second-order valence-corrected chi connectivity index (χ2v) is 9.54. The van der Waals surface area contributed by atoms with Gasteiger partial charge in [0.1, 0.15) is 6.10 Å². The van der Waals surface area contributed by atoms with Crippen molar-refractivity contribution in [2.45, 2.75) is 24.9 Å². The largest absolute Gasteiger partial charge is 0.490 e. The minimum Gasteiger partial charge on any atom is -0.452 e. The van der Waals surface area contributed by atoms with Crippen molar-refractivity contribution in [3.63, 3.8) is 0 Å². The lowest BCUT2D eigenvalue weighted by molar-refractivity contribution is -0.206.